The minimum Gasteiger partial charge on any atom is -0.443 e. The predicted octanol–water partition coefficient (Wildman–Crippen LogP) is 2.60. The molecule has 1 amide bonds. The van der Waals surface area contributed by atoms with Gasteiger partial charge in [0.15, 0.2) is 0 Å². The molecule has 0 unspecified atom stereocenters. The van der Waals surface area contributed by atoms with Gasteiger partial charge < -0.3 is 9.72 Å². The molecule has 0 atom stereocenters. The van der Waals surface area contributed by atoms with Crippen LogP contribution >= 0.6 is 0 Å². The van der Waals surface area contributed by atoms with Crippen molar-refractivity contribution < 1.29 is 9.53 Å². The number of carbonyl (C=O) groups excluding carboxylic acids is 1. The molecule has 2 heterocycles. The Labute approximate surface area is 99.8 Å². The highest BCUT2D eigenvalue weighted by Gasteiger charge is 2.20. The Bertz CT molecular complexity index is 452. The van der Waals surface area contributed by atoms with E-state index in [0.29, 0.717) is 0 Å². The minimum absolute atomic E-state index is 0.407. The number of rotatable bonds is 0. The highest BCUT2D eigenvalue weighted by Crippen LogP contribution is 2.16. The van der Waals surface area contributed by atoms with Crippen molar-refractivity contribution >= 4 is 18.2 Å². The number of carbonyl (C=O) groups is 1. The molecular formula is C12H15N3O2. The summed E-state index contributed by atoms with van der Waals surface area (Å²) in [4.78, 5) is 20.3. The van der Waals surface area contributed by atoms with E-state index in [2.05, 4.69) is 9.97 Å². The number of nitrogens with one attached hydrogen (secondary N) is 1. The average Bonchev–Trinajstić information content (AvgIpc) is 2.54. The zero-order valence-corrected chi connectivity index (χ0v) is 10.1. The standard InChI is InChI=1S/C12H15N3O2/c1-12(2,3)17-11(16)15-6-4-9-10(5-7-15)14-8-13-9/h4-8H,1-3H3,(H,13,14). The van der Waals surface area contributed by atoms with Gasteiger partial charge in [-0.1, -0.05) is 0 Å². The van der Waals surface area contributed by atoms with E-state index in [4.69, 9.17) is 4.74 Å². The van der Waals surface area contributed by atoms with Gasteiger partial charge in [-0.2, -0.15) is 0 Å². The van der Waals surface area contributed by atoms with Gasteiger partial charge in [0.1, 0.15) is 5.60 Å². The van der Waals surface area contributed by atoms with E-state index in [1.807, 2.05) is 20.8 Å². The molecule has 1 aromatic heterocycles. The van der Waals surface area contributed by atoms with Crippen molar-refractivity contribution in [3.63, 3.8) is 0 Å². The topological polar surface area (TPSA) is 58.2 Å². The van der Waals surface area contributed by atoms with Gasteiger partial charge in [0.2, 0.25) is 0 Å². The van der Waals surface area contributed by atoms with E-state index in [0.717, 1.165) is 11.4 Å². The summed E-state index contributed by atoms with van der Waals surface area (Å²) >= 11 is 0. The minimum atomic E-state index is -0.502. The largest absolute Gasteiger partial charge is 0.443 e. The lowest BCUT2D eigenvalue weighted by molar-refractivity contribution is 0.0402. The van der Waals surface area contributed by atoms with Gasteiger partial charge in [0, 0.05) is 12.4 Å². The zero-order chi connectivity index (χ0) is 12.5. The summed E-state index contributed by atoms with van der Waals surface area (Å²) in [5.41, 5.74) is 1.16. The third kappa shape index (κ3) is 2.75. The third-order valence-corrected chi connectivity index (χ3v) is 2.10. The molecule has 0 radical (unpaired) electrons. The third-order valence-electron chi connectivity index (χ3n) is 2.10. The Hall–Kier alpha value is -2.04. The first-order valence-electron chi connectivity index (χ1n) is 5.37. The van der Waals surface area contributed by atoms with Crippen molar-refractivity contribution in [1.29, 1.82) is 0 Å². The number of aromatic amines is 1. The van der Waals surface area contributed by atoms with Crippen LogP contribution in [0.1, 0.15) is 32.2 Å². The highest BCUT2D eigenvalue weighted by atomic mass is 16.6. The van der Waals surface area contributed by atoms with E-state index in [1.54, 1.807) is 30.9 Å². The molecule has 0 aromatic carbocycles. The number of H-pyrrole nitrogens is 1. The maximum absolute atomic E-state index is 11.8. The smallest absolute Gasteiger partial charge is 0.418 e. The van der Waals surface area contributed by atoms with Crippen molar-refractivity contribution in [2.75, 3.05) is 0 Å². The van der Waals surface area contributed by atoms with Crippen LogP contribution in [-0.2, 0) is 4.74 Å². The molecule has 1 aromatic rings. The van der Waals surface area contributed by atoms with E-state index in [1.165, 1.54) is 4.90 Å². The summed E-state index contributed by atoms with van der Waals surface area (Å²) in [5, 5.41) is 0. The lowest BCUT2D eigenvalue weighted by atomic mass is 10.2. The number of fused-ring (bicyclic) bond motifs is 1. The number of amides is 1. The number of hydrogen-bond donors (Lipinski definition) is 1. The Morgan fingerprint density at radius 2 is 2.06 bits per heavy atom. The summed E-state index contributed by atoms with van der Waals surface area (Å²) in [6, 6.07) is 0. The maximum atomic E-state index is 11.8. The van der Waals surface area contributed by atoms with Gasteiger partial charge in [-0.25, -0.2) is 9.78 Å². The van der Waals surface area contributed by atoms with Gasteiger partial charge in [-0.15, -0.1) is 0 Å². The van der Waals surface area contributed by atoms with E-state index >= 15 is 0 Å². The fraction of sp³-hybridized carbons (Fsp3) is 0.333. The van der Waals surface area contributed by atoms with Crippen molar-refractivity contribution in [2.24, 2.45) is 0 Å². The molecule has 5 heteroatoms. The van der Waals surface area contributed by atoms with Gasteiger partial charge >= 0.3 is 6.09 Å². The maximum Gasteiger partial charge on any atom is 0.418 e. The molecule has 0 saturated heterocycles. The molecular weight excluding hydrogens is 218 g/mol. The lowest BCUT2D eigenvalue weighted by Crippen LogP contribution is -2.30. The molecule has 0 saturated carbocycles. The summed E-state index contributed by atoms with van der Waals surface area (Å²) in [7, 11) is 0. The van der Waals surface area contributed by atoms with Gasteiger partial charge in [0.05, 0.1) is 17.7 Å². The Morgan fingerprint density at radius 1 is 1.35 bits per heavy atom. The molecule has 0 aliphatic carbocycles. The second kappa shape index (κ2) is 4.08. The second-order valence-electron chi connectivity index (χ2n) is 4.72. The molecule has 5 nitrogen and oxygen atoms in total. The van der Waals surface area contributed by atoms with Crippen molar-refractivity contribution in [3.8, 4) is 0 Å². The monoisotopic (exact) mass is 233 g/mol. The van der Waals surface area contributed by atoms with Crippen molar-refractivity contribution in [2.45, 2.75) is 26.4 Å². The van der Waals surface area contributed by atoms with Crippen LogP contribution in [0.4, 0.5) is 4.79 Å². The molecule has 0 spiro atoms. The summed E-state index contributed by atoms with van der Waals surface area (Å²) in [6.45, 7) is 5.50. The van der Waals surface area contributed by atoms with Crippen LogP contribution < -0.4 is 0 Å². The first-order chi connectivity index (χ1) is 7.96. The number of hydrogen-bond acceptors (Lipinski definition) is 3. The van der Waals surface area contributed by atoms with Crippen LogP contribution in [0.25, 0.3) is 12.2 Å². The molecule has 2 rings (SSSR count). The Morgan fingerprint density at radius 3 is 2.76 bits per heavy atom. The number of ether oxygens (including phenoxy) is 1. The first kappa shape index (κ1) is 11.4. The van der Waals surface area contributed by atoms with E-state index in [-0.39, 0.29) is 0 Å². The second-order valence-corrected chi connectivity index (χ2v) is 4.72. The highest BCUT2D eigenvalue weighted by molar-refractivity contribution is 5.75. The van der Waals surface area contributed by atoms with Gasteiger partial charge in [0.25, 0.3) is 0 Å². The average molecular weight is 233 g/mol. The molecule has 17 heavy (non-hydrogen) atoms. The van der Waals surface area contributed by atoms with Crippen molar-refractivity contribution in [3.05, 3.63) is 30.1 Å². The molecule has 1 aliphatic rings. The normalized spacial score (nSPS) is 14.4. The summed E-state index contributed by atoms with van der Waals surface area (Å²) in [6.07, 6.45) is 8.03. The van der Waals surface area contributed by atoms with Gasteiger partial charge in [-0.3, -0.25) is 4.90 Å². The Kier molecular flexibility index (Phi) is 2.75. The summed E-state index contributed by atoms with van der Waals surface area (Å²) in [5.74, 6) is 0. The van der Waals surface area contributed by atoms with Crippen molar-refractivity contribution in [1.82, 2.24) is 14.9 Å². The quantitative estimate of drug-likeness (QED) is 0.749. The molecule has 0 bridgehead atoms. The SMILES string of the molecule is CC(C)(C)OC(=O)N1C=Cc2nc[nH]c2C=C1. The van der Waals surface area contributed by atoms with Gasteiger partial charge in [-0.05, 0) is 32.9 Å². The number of nitrogens with zero attached hydrogens (tertiary/aromatic N) is 2. The zero-order valence-electron chi connectivity index (χ0n) is 10.1. The molecule has 0 fully saturated rings. The summed E-state index contributed by atoms with van der Waals surface area (Å²) < 4.78 is 5.26. The molecule has 90 valence electrons. The van der Waals surface area contributed by atoms with Crippen LogP contribution in [0.15, 0.2) is 18.7 Å². The predicted molar refractivity (Wildman–Crippen MR) is 64.7 cm³/mol. The van der Waals surface area contributed by atoms with Crippen LogP contribution in [0.3, 0.4) is 0 Å². The number of aromatic nitrogens is 2. The molecule has 1 N–H and O–H groups in total. The van der Waals surface area contributed by atoms with Crippen LogP contribution in [0.5, 0.6) is 0 Å². The molecule has 1 aliphatic heterocycles. The fourth-order valence-corrected chi connectivity index (χ4v) is 1.37. The Balaban J connectivity index is 2.13. The first-order valence-corrected chi connectivity index (χ1v) is 5.37. The fourth-order valence-electron chi connectivity index (χ4n) is 1.37. The van der Waals surface area contributed by atoms with Crippen LogP contribution in [0.2, 0.25) is 0 Å². The number of imidazole rings is 1. The van der Waals surface area contributed by atoms with Crippen LogP contribution in [0, 0.1) is 0 Å². The van der Waals surface area contributed by atoms with E-state index in [9.17, 15) is 4.79 Å². The van der Waals surface area contributed by atoms with Crippen LogP contribution in [-0.4, -0.2) is 26.6 Å². The lowest BCUT2D eigenvalue weighted by Gasteiger charge is -2.22. The van der Waals surface area contributed by atoms with E-state index < -0.39 is 11.7 Å².